The molecule has 1 aromatic heterocycles. The van der Waals surface area contributed by atoms with Gasteiger partial charge in [-0.2, -0.15) is 0 Å². The molecule has 4 nitrogen and oxygen atoms in total. The Bertz CT molecular complexity index is 697. The number of thiophene rings is 1. The van der Waals surface area contributed by atoms with Gasteiger partial charge < -0.3 is 16.0 Å². The van der Waals surface area contributed by atoms with E-state index in [4.69, 9.17) is 5.73 Å². The third-order valence-corrected chi connectivity index (χ3v) is 5.39. The summed E-state index contributed by atoms with van der Waals surface area (Å²) in [6, 6.07) is 11.1. The van der Waals surface area contributed by atoms with E-state index < -0.39 is 0 Å². The first-order valence-electron chi connectivity index (χ1n) is 7.79. The Morgan fingerprint density at radius 3 is 2.88 bits per heavy atom. The van der Waals surface area contributed by atoms with E-state index >= 15 is 0 Å². The third-order valence-electron chi connectivity index (χ3n) is 4.49. The molecule has 130 valence electrons. The van der Waals surface area contributed by atoms with E-state index in [2.05, 4.69) is 33.4 Å². The number of benzene rings is 1. The maximum absolute atomic E-state index is 6.09. The molecular formula is C17H22Cl2N4S. The maximum Gasteiger partial charge on any atom is 0.141 e. The smallest absolute Gasteiger partial charge is 0.141 e. The fourth-order valence-corrected chi connectivity index (χ4v) is 4.01. The highest BCUT2D eigenvalue weighted by Crippen LogP contribution is 2.34. The van der Waals surface area contributed by atoms with Gasteiger partial charge in [-0.3, -0.25) is 0 Å². The molecule has 0 aliphatic carbocycles. The van der Waals surface area contributed by atoms with E-state index in [9.17, 15) is 0 Å². The van der Waals surface area contributed by atoms with Crippen molar-refractivity contribution in [3.8, 4) is 0 Å². The second-order valence-electron chi connectivity index (χ2n) is 5.88. The summed E-state index contributed by atoms with van der Waals surface area (Å²) in [4.78, 5) is 8.15. The monoisotopic (exact) mass is 384 g/mol. The maximum atomic E-state index is 6.09. The lowest BCUT2D eigenvalue weighted by Crippen LogP contribution is -2.35. The fourth-order valence-electron chi connectivity index (χ4n) is 3.39. The van der Waals surface area contributed by atoms with Crippen LogP contribution in [0.2, 0.25) is 0 Å². The minimum atomic E-state index is 0. The second-order valence-corrected chi connectivity index (χ2v) is 6.83. The number of anilines is 1. The van der Waals surface area contributed by atoms with Crippen molar-refractivity contribution in [2.24, 2.45) is 10.7 Å². The lowest BCUT2D eigenvalue weighted by molar-refractivity contribution is 0.654. The van der Waals surface area contributed by atoms with Crippen LogP contribution in [0.1, 0.15) is 16.9 Å². The molecule has 0 radical (unpaired) electrons. The molecule has 0 saturated carbocycles. The Balaban J connectivity index is 0.00000104. The van der Waals surface area contributed by atoms with Crippen LogP contribution in [0.4, 0.5) is 11.4 Å². The highest BCUT2D eigenvalue weighted by Gasteiger charge is 2.28. The SMILES string of the molecule is Cl.Cl.NC(=Nc1ccc2c(c1)CCN2C1CCNC1)c1cccs1. The van der Waals surface area contributed by atoms with Crippen molar-refractivity contribution in [3.05, 3.63) is 46.2 Å². The van der Waals surface area contributed by atoms with E-state index in [0.717, 1.165) is 36.6 Å². The van der Waals surface area contributed by atoms with Crippen LogP contribution >= 0.6 is 36.2 Å². The number of amidine groups is 1. The van der Waals surface area contributed by atoms with E-state index in [-0.39, 0.29) is 24.8 Å². The molecule has 7 heteroatoms. The summed E-state index contributed by atoms with van der Waals surface area (Å²) in [7, 11) is 0. The summed E-state index contributed by atoms with van der Waals surface area (Å²) in [5.41, 5.74) is 9.81. The van der Waals surface area contributed by atoms with Gasteiger partial charge in [0.05, 0.1) is 10.6 Å². The number of hydrogen-bond donors (Lipinski definition) is 2. The Labute approximate surface area is 159 Å². The van der Waals surface area contributed by atoms with Gasteiger partial charge in [-0.1, -0.05) is 6.07 Å². The fraction of sp³-hybridized carbons (Fsp3) is 0.353. The van der Waals surface area contributed by atoms with Crippen LogP contribution in [0.3, 0.4) is 0 Å². The number of fused-ring (bicyclic) bond motifs is 1. The van der Waals surface area contributed by atoms with Crippen LogP contribution in [0, 0.1) is 0 Å². The average molecular weight is 385 g/mol. The van der Waals surface area contributed by atoms with E-state index in [1.54, 1.807) is 11.3 Å². The molecule has 1 saturated heterocycles. The first kappa shape index (κ1) is 19.1. The van der Waals surface area contributed by atoms with Crippen molar-refractivity contribution in [1.29, 1.82) is 0 Å². The standard InChI is InChI=1S/C17H20N4S.2ClH/c18-17(16-2-1-9-22-16)20-13-3-4-15-12(10-13)6-8-21(15)14-5-7-19-11-14;;/h1-4,9-10,14,19H,5-8,11H2,(H2,18,20);2*1H. The third kappa shape index (κ3) is 3.70. The largest absolute Gasteiger partial charge is 0.383 e. The van der Waals surface area contributed by atoms with E-state index in [0.29, 0.717) is 11.9 Å². The zero-order valence-corrected chi connectivity index (χ0v) is 15.7. The van der Waals surface area contributed by atoms with Gasteiger partial charge in [0, 0.05) is 24.8 Å². The van der Waals surface area contributed by atoms with Crippen LogP contribution in [0.5, 0.6) is 0 Å². The molecule has 1 fully saturated rings. The van der Waals surface area contributed by atoms with Crippen LogP contribution in [0.25, 0.3) is 0 Å². The molecule has 2 aromatic rings. The number of nitrogens with two attached hydrogens (primary N) is 1. The molecule has 1 aromatic carbocycles. The van der Waals surface area contributed by atoms with E-state index in [1.165, 1.54) is 17.7 Å². The normalized spacial score (nSPS) is 19.6. The van der Waals surface area contributed by atoms with Crippen LogP contribution in [-0.4, -0.2) is 31.5 Å². The first-order chi connectivity index (χ1) is 10.8. The first-order valence-corrected chi connectivity index (χ1v) is 8.67. The highest BCUT2D eigenvalue weighted by molar-refractivity contribution is 7.12. The summed E-state index contributed by atoms with van der Waals surface area (Å²) in [5.74, 6) is 0.602. The Hall–Kier alpha value is -1.27. The van der Waals surface area contributed by atoms with Crippen molar-refractivity contribution in [2.75, 3.05) is 24.5 Å². The molecule has 0 bridgehead atoms. The van der Waals surface area contributed by atoms with Gasteiger partial charge in [0.1, 0.15) is 5.84 Å². The van der Waals surface area contributed by atoms with Gasteiger partial charge in [0.25, 0.3) is 0 Å². The highest BCUT2D eigenvalue weighted by atomic mass is 35.5. The number of halogens is 2. The molecule has 1 atom stereocenters. The minimum Gasteiger partial charge on any atom is -0.383 e. The molecule has 3 heterocycles. The zero-order chi connectivity index (χ0) is 14.9. The molecule has 2 aliphatic rings. The van der Waals surface area contributed by atoms with Crippen molar-refractivity contribution in [3.63, 3.8) is 0 Å². The summed E-state index contributed by atoms with van der Waals surface area (Å²) in [6.07, 6.45) is 2.35. The van der Waals surface area contributed by atoms with Crippen molar-refractivity contribution in [1.82, 2.24) is 5.32 Å². The molecule has 2 aliphatic heterocycles. The summed E-state index contributed by atoms with van der Waals surface area (Å²) < 4.78 is 0. The van der Waals surface area contributed by atoms with E-state index in [1.807, 2.05) is 17.5 Å². The predicted molar refractivity (Wildman–Crippen MR) is 108 cm³/mol. The van der Waals surface area contributed by atoms with Crippen molar-refractivity contribution < 1.29 is 0 Å². The minimum absolute atomic E-state index is 0. The van der Waals surface area contributed by atoms with Gasteiger partial charge in [-0.25, -0.2) is 4.99 Å². The quantitative estimate of drug-likeness (QED) is 0.629. The lowest BCUT2D eigenvalue weighted by atomic mass is 10.1. The van der Waals surface area contributed by atoms with Gasteiger partial charge in [0.2, 0.25) is 0 Å². The lowest BCUT2D eigenvalue weighted by Gasteiger charge is -2.26. The summed E-state index contributed by atoms with van der Waals surface area (Å²) >= 11 is 1.62. The Kier molecular flexibility index (Phi) is 6.52. The molecule has 3 N–H and O–H groups in total. The molecule has 4 rings (SSSR count). The number of rotatable bonds is 3. The molecular weight excluding hydrogens is 363 g/mol. The van der Waals surface area contributed by atoms with Gasteiger partial charge in [0.15, 0.2) is 0 Å². The molecule has 24 heavy (non-hydrogen) atoms. The number of aliphatic imine (C=N–C) groups is 1. The van der Waals surface area contributed by atoms with Gasteiger partial charge in [-0.15, -0.1) is 36.2 Å². The van der Waals surface area contributed by atoms with Crippen LogP contribution in [-0.2, 0) is 6.42 Å². The predicted octanol–water partition coefficient (Wildman–Crippen LogP) is 3.35. The van der Waals surface area contributed by atoms with Crippen molar-refractivity contribution in [2.45, 2.75) is 18.9 Å². The second kappa shape index (κ2) is 8.21. The number of nitrogens with zero attached hydrogens (tertiary/aromatic N) is 2. The van der Waals surface area contributed by atoms with Gasteiger partial charge >= 0.3 is 0 Å². The van der Waals surface area contributed by atoms with Gasteiger partial charge in [-0.05, 0) is 54.6 Å². The zero-order valence-electron chi connectivity index (χ0n) is 13.3. The molecule has 1 unspecified atom stereocenters. The Morgan fingerprint density at radius 1 is 1.29 bits per heavy atom. The number of hydrogen-bond acceptors (Lipinski definition) is 4. The van der Waals surface area contributed by atoms with Crippen molar-refractivity contribution >= 4 is 53.4 Å². The topological polar surface area (TPSA) is 53.6 Å². The Morgan fingerprint density at radius 2 is 2.17 bits per heavy atom. The number of nitrogens with one attached hydrogen (secondary N) is 1. The molecule has 0 spiro atoms. The molecule has 0 amide bonds. The van der Waals surface area contributed by atoms with Crippen LogP contribution in [0.15, 0.2) is 40.7 Å². The summed E-state index contributed by atoms with van der Waals surface area (Å²) in [6.45, 7) is 3.36. The van der Waals surface area contributed by atoms with Crippen LogP contribution < -0.4 is 16.0 Å². The average Bonchev–Trinajstić information content (AvgIpc) is 3.27. The summed E-state index contributed by atoms with van der Waals surface area (Å²) in [5, 5.41) is 5.48.